The fourth-order valence-corrected chi connectivity index (χ4v) is 3.07. The summed E-state index contributed by atoms with van der Waals surface area (Å²) in [6, 6.07) is 6.90. The van der Waals surface area contributed by atoms with Gasteiger partial charge in [0.1, 0.15) is 0 Å². The quantitative estimate of drug-likeness (QED) is 0.652. The molecule has 1 aromatic carbocycles. The Balaban J connectivity index is 2.78. The van der Waals surface area contributed by atoms with Gasteiger partial charge in [0.05, 0.1) is 17.6 Å². The van der Waals surface area contributed by atoms with E-state index >= 15 is 0 Å². The van der Waals surface area contributed by atoms with E-state index in [4.69, 9.17) is 10.4 Å². The summed E-state index contributed by atoms with van der Waals surface area (Å²) in [6.45, 7) is 3.32. The molecule has 7 heteroatoms. The normalized spacial score (nSPS) is 14.6. The molecule has 96 valence electrons. The van der Waals surface area contributed by atoms with Crippen LogP contribution in [0.3, 0.4) is 0 Å². The Morgan fingerprint density at radius 3 is 2.78 bits per heavy atom. The van der Waals surface area contributed by atoms with Gasteiger partial charge in [-0.3, -0.25) is 9.36 Å². The summed E-state index contributed by atoms with van der Waals surface area (Å²) in [5.74, 6) is 5.70. The van der Waals surface area contributed by atoms with E-state index in [-0.39, 0.29) is 12.0 Å². The van der Waals surface area contributed by atoms with Crippen LogP contribution in [0.5, 0.6) is 0 Å². The first kappa shape index (κ1) is 12.8. The third-order valence-corrected chi connectivity index (χ3v) is 4.35. The molecule has 1 heterocycles. The van der Waals surface area contributed by atoms with Crippen molar-refractivity contribution in [1.29, 1.82) is 0 Å². The minimum absolute atomic E-state index is 0.120. The zero-order valence-electron chi connectivity index (χ0n) is 10.2. The van der Waals surface area contributed by atoms with Crippen molar-refractivity contribution in [3.8, 4) is 0 Å². The summed E-state index contributed by atoms with van der Waals surface area (Å²) < 4.78 is 18.4. The molecule has 1 atom stereocenters. The third-order valence-electron chi connectivity index (χ3n) is 2.54. The van der Waals surface area contributed by atoms with E-state index in [9.17, 15) is 9.36 Å². The van der Waals surface area contributed by atoms with Crippen LogP contribution >= 0.6 is 7.37 Å². The minimum Gasteiger partial charge on any atom is -0.336 e. The van der Waals surface area contributed by atoms with Crippen LogP contribution in [-0.4, -0.2) is 22.9 Å². The number of para-hydroxylation sites is 2. The van der Waals surface area contributed by atoms with Gasteiger partial charge in [-0.05, 0) is 19.1 Å². The molecule has 0 radical (unpaired) electrons. The number of benzene rings is 1. The van der Waals surface area contributed by atoms with Crippen molar-refractivity contribution in [2.24, 2.45) is 0 Å². The average Bonchev–Trinajstić information content (AvgIpc) is 2.33. The summed E-state index contributed by atoms with van der Waals surface area (Å²) in [7, 11) is -3.24. The van der Waals surface area contributed by atoms with E-state index in [2.05, 4.69) is 4.98 Å². The highest BCUT2D eigenvalue weighted by molar-refractivity contribution is 7.65. The fraction of sp³-hybridized carbons (Fsp3) is 0.273. The van der Waals surface area contributed by atoms with Crippen molar-refractivity contribution >= 4 is 23.8 Å². The molecule has 0 spiro atoms. The van der Waals surface area contributed by atoms with Gasteiger partial charge in [-0.15, -0.1) is 0 Å². The van der Waals surface area contributed by atoms with E-state index < -0.39 is 12.9 Å². The Kier molecular flexibility index (Phi) is 3.24. The lowest BCUT2D eigenvalue weighted by Gasteiger charge is -2.13. The topological polar surface area (TPSA) is 87.2 Å². The highest BCUT2D eigenvalue weighted by atomic mass is 31.2. The summed E-state index contributed by atoms with van der Waals surface area (Å²) in [6.07, 6.45) is 0. The molecule has 0 aliphatic rings. The Morgan fingerprint density at radius 1 is 1.44 bits per heavy atom. The molecular formula is C11H14N3O3P. The van der Waals surface area contributed by atoms with Crippen LogP contribution in [0.1, 0.15) is 6.92 Å². The smallest absolute Gasteiger partial charge is 0.301 e. The molecule has 0 bridgehead atoms. The molecule has 1 unspecified atom stereocenters. The molecule has 0 aliphatic heterocycles. The third kappa shape index (κ3) is 2.05. The lowest BCUT2D eigenvalue weighted by molar-refractivity contribution is 0.344. The van der Waals surface area contributed by atoms with Crippen molar-refractivity contribution in [3.63, 3.8) is 0 Å². The molecule has 0 amide bonds. The van der Waals surface area contributed by atoms with Crippen LogP contribution in [0, 0.1) is 0 Å². The largest absolute Gasteiger partial charge is 0.336 e. The number of nitrogens with zero attached hydrogens (tertiary/aromatic N) is 2. The number of fused-ring (bicyclic) bond motifs is 1. The fourth-order valence-electron chi connectivity index (χ4n) is 1.71. The van der Waals surface area contributed by atoms with E-state index in [0.29, 0.717) is 11.0 Å². The molecule has 0 aliphatic carbocycles. The van der Waals surface area contributed by atoms with E-state index in [0.717, 1.165) is 4.68 Å². The van der Waals surface area contributed by atoms with Crippen LogP contribution < -0.4 is 16.8 Å². The van der Waals surface area contributed by atoms with Crippen LogP contribution in [0.15, 0.2) is 29.1 Å². The maximum atomic E-state index is 12.3. The van der Waals surface area contributed by atoms with Gasteiger partial charge in [0, 0.05) is 6.66 Å². The Bertz CT molecular complexity index is 695. The number of nitrogen functional groups attached to an aromatic ring is 1. The molecule has 6 nitrogen and oxygen atoms in total. The molecule has 0 fully saturated rings. The first-order chi connectivity index (χ1) is 8.47. The highest BCUT2D eigenvalue weighted by Crippen LogP contribution is 2.39. The van der Waals surface area contributed by atoms with Crippen LogP contribution in [0.4, 0.5) is 0 Å². The first-order valence-electron chi connectivity index (χ1n) is 5.47. The van der Waals surface area contributed by atoms with Gasteiger partial charge in [-0.2, -0.15) is 0 Å². The molecule has 0 saturated carbocycles. The summed E-state index contributed by atoms with van der Waals surface area (Å²) in [4.78, 5) is 16.2. The molecular weight excluding hydrogens is 253 g/mol. The molecule has 0 saturated heterocycles. The van der Waals surface area contributed by atoms with Crippen molar-refractivity contribution in [3.05, 3.63) is 34.6 Å². The molecule has 2 N–H and O–H groups in total. The monoisotopic (exact) mass is 267 g/mol. The highest BCUT2D eigenvalue weighted by Gasteiger charge is 2.26. The zero-order valence-corrected chi connectivity index (χ0v) is 11.1. The Morgan fingerprint density at radius 2 is 2.11 bits per heavy atom. The average molecular weight is 267 g/mol. The van der Waals surface area contributed by atoms with E-state index in [1.165, 1.54) is 6.66 Å². The van der Waals surface area contributed by atoms with E-state index in [1.807, 2.05) is 0 Å². The van der Waals surface area contributed by atoms with Gasteiger partial charge in [0.25, 0.3) is 7.37 Å². The van der Waals surface area contributed by atoms with Gasteiger partial charge in [-0.25, -0.2) is 9.66 Å². The van der Waals surface area contributed by atoms with Crippen molar-refractivity contribution < 1.29 is 9.09 Å². The SMILES string of the molecule is CCOP(C)(=O)c1nc2ccccc2n(N)c1=O. The predicted molar refractivity (Wildman–Crippen MR) is 70.9 cm³/mol. The number of hydrogen-bond acceptors (Lipinski definition) is 5. The summed E-state index contributed by atoms with van der Waals surface area (Å²) >= 11 is 0. The second-order valence-corrected chi connectivity index (χ2v) is 6.24. The second kappa shape index (κ2) is 4.55. The lowest BCUT2D eigenvalue weighted by Crippen LogP contribution is -2.40. The first-order valence-corrected chi connectivity index (χ1v) is 7.54. The van der Waals surface area contributed by atoms with Crippen LogP contribution in [0.2, 0.25) is 0 Å². The van der Waals surface area contributed by atoms with Crippen LogP contribution in [-0.2, 0) is 9.09 Å². The number of aromatic nitrogens is 2. The molecule has 2 rings (SSSR count). The lowest BCUT2D eigenvalue weighted by atomic mass is 10.3. The molecule has 18 heavy (non-hydrogen) atoms. The van der Waals surface area contributed by atoms with Gasteiger partial charge < -0.3 is 10.4 Å². The minimum atomic E-state index is -3.24. The standard InChI is InChI=1S/C11H14N3O3P/c1-3-17-18(2,16)10-11(15)14(12)9-7-5-4-6-8(9)13-10/h4-7H,3,12H2,1-2H3. The van der Waals surface area contributed by atoms with E-state index in [1.54, 1.807) is 31.2 Å². The predicted octanol–water partition coefficient (Wildman–Crippen LogP) is 0.680. The molecule has 1 aromatic heterocycles. The van der Waals surface area contributed by atoms with Crippen molar-refractivity contribution in [1.82, 2.24) is 9.66 Å². The molecule has 2 aromatic rings. The number of hydrogen-bond donors (Lipinski definition) is 1. The summed E-state index contributed by atoms with van der Waals surface area (Å²) in [5, 5.41) is 0. The van der Waals surface area contributed by atoms with Crippen molar-refractivity contribution in [2.45, 2.75) is 6.92 Å². The van der Waals surface area contributed by atoms with Gasteiger partial charge in [0.2, 0.25) is 0 Å². The second-order valence-electron chi connectivity index (χ2n) is 3.86. The van der Waals surface area contributed by atoms with Crippen molar-refractivity contribution in [2.75, 3.05) is 19.1 Å². The Labute approximate surface area is 104 Å². The van der Waals surface area contributed by atoms with Crippen LogP contribution in [0.25, 0.3) is 11.0 Å². The maximum absolute atomic E-state index is 12.3. The van der Waals surface area contributed by atoms with Gasteiger partial charge in [-0.1, -0.05) is 12.1 Å². The number of nitrogens with two attached hydrogens (primary N) is 1. The van der Waals surface area contributed by atoms with Gasteiger partial charge >= 0.3 is 5.56 Å². The number of rotatable bonds is 3. The summed E-state index contributed by atoms with van der Waals surface area (Å²) in [5.41, 5.74) is 0.289. The van der Waals surface area contributed by atoms with Gasteiger partial charge in [0.15, 0.2) is 5.44 Å². The Hall–Kier alpha value is -1.65. The maximum Gasteiger partial charge on any atom is 0.301 e. The zero-order chi connectivity index (χ0) is 13.3.